The number of ether oxygens (including phenoxy) is 2. The van der Waals surface area contributed by atoms with Gasteiger partial charge in [-0.2, -0.15) is 5.10 Å². The highest BCUT2D eigenvalue weighted by Crippen LogP contribution is 2.26. The van der Waals surface area contributed by atoms with Crippen molar-refractivity contribution in [1.82, 2.24) is 5.43 Å². The third kappa shape index (κ3) is 5.10. The molecule has 5 heteroatoms. The molecule has 0 heterocycles. The second kappa shape index (κ2) is 9.55. The quantitative estimate of drug-likeness (QED) is 0.464. The van der Waals surface area contributed by atoms with E-state index >= 15 is 0 Å². The number of amides is 1. The van der Waals surface area contributed by atoms with Crippen LogP contribution >= 0.6 is 0 Å². The molecule has 0 fully saturated rings. The summed E-state index contributed by atoms with van der Waals surface area (Å²) in [7, 11) is 0. The fraction of sp³-hybridized carbons (Fsp3) is 0.217. The zero-order chi connectivity index (χ0) is 19.8. The van der Waals surface area contributed by atoms with E-state index in [2.05, 4.69) is 17.5 Å². The van der Waals surface area contributed by atoms with Crippen LogP contribution in [0.3, 0.4) is 0 Å². The number of hydrogen-bond donors (Lipinski definition) is 1. The highest BCUT2D eigenvalue weighted by Gasteiger charge is 2.15. The topological polar surface area (TPSA) is 59.9 Å². The molecule has 0 saturated heterocycles. The normalized spacial score (nSPS) is 12.1. The van der Waals surface area contributed by atoms with Crippen molar-refractivity contribution >= 4 is 22.9 Å². The van der Waals surface area contributed by atoms with Gasteiger partial charge >= 0.3 is 0 Å². The zero-order valence-electron chi connectivity index (χ0n) is 16.1. The second-order valence-corrected chi connectivity index (χ2v) is 6.39. The van der Waals surface area contributed by atoms with Gasteiger partial charge in [0.1, 0.15) is 11.5 Å². The van der Waals surface area contributed by atoms with Gasteiger partial charge in [0.05, 0.1) is 12.8 Å². The Labute approximate surface area is 165 Å². The number of rotatable bonds is 8. The van der Waals surface area contributed by atoms with E-state index in [1.807, 2.05) is 66.7 Å². The maximum atomic E-state index is 12.3. The van der Waals surface area contributed by atoms with Crippen molar-refractivity contribution in [2.24, 2.45) is 5.10 Å². The van der Waals surface area contributed by atoms with Crippen LogP contribution in [-0.2, 0) is 4.79 Å². The van der Waals surface area contributed by atoms with Crippen molar-refractivity contribution in [3.8, 4) is 11.5 Å². The molecule has 0 saturated carbocycles. The lowest BCUT2D eigenvalue weighted by molar-refractivity contribution is -0.127. The first kappa shape index (κ1) is 19.4. The fourth-order valence-corrected chi connectivity index (χ4v) is 2.67. The molecule has 0 aliphatic heterocycles. The maximum absolute atomic E-state index is 12.3. The van der Waals surface area contributed by atoms with Crippen LogP contribution in [0.2, 0.25) is 0 Å². The van der Waals surface area contributed by atoms with Crippen molar-refractivity contribution in [2.75, 3.05) is 6.61 Å². The first-order valence-electron chi connectivity index (χ1n) is 9.37. The molecule has 144 valence electrons. The molecule has 1 atom stereocenters. The van der Waals surface area contributed by atoms with Crippen LogP contribution in [-0.4, -0.2) is 24.8 Å². The van der Waals surface area contributed by atoms with E-state index in [1.54, 1.807) is 13.1 Å². The van der Waals surface area contributed by atoms with E-state index in [4.69, 9.17) is 9.47 Å². The Kier molecular flexibility index (Phi) is 6.63. The highest BCUT2D eigenvalue weighted by atomic mass is 16.5. The Morgan fingerprint density at radius 2 is 1.82 bits per heavy atom. The van der Waals surface area contributed by atoms with Gasteiger partial charge < -0.3 is 9.47 Å². The molecule has 0 radical (unpaired) electrons. The minimum Gasteiger partial charge on any atom is -0.494 e. The number of carbonyl (C=O) groups excluding carboxylic acids is 1. The average Bonchev–Trinajstić information content (AvgIpc) is 2.73. The van der Waals surface area contributed by atoms with Gasteiger partial charge in [0.2, 0.25) is 0 Å². The van der Waals surface area contributed by atoms with Crippen LogP contribution in [0, 0.1) is 0 Å². The molecule has 0 aliphatic rings. The summed E-state index contributed by atoms with van der Waals surface area (Å²) < 4.78 is 11.4. The minimum absolute atomic E-state index is 0.313. The smallest absolute Gasteiger partial charge is 0.280 e. The van der Waals surface area contributed by atoms with Gasteiger partial charge in [-0.1, -0.05) is 43.3 Å². The second-order valence-electron chi connectivity index (χ2n) is 6.39. The van der Waals surface area contributed by atoms with Gasteiger partial charge in [-0.3, -0.25) is 4.79 Å². The van der Waals surface area contributed by atoms with E-state index in [9.17, 15) is 4.79 Å². The monoisotopic (exact) mass is 376 g/mol. The molecule has 0 aliphatic carbocycles. The predicted molar refractivity (Wildman–Crippen MR) is 112 cm³/mol. The SMILES string of the molecule is CCCOc1ccc(C=NNC(=O)[C@@H](C)Oc2cccc3ccccc23)cc1. The number of fused-ring (bicyclic) bond motifs is 1. The van der Waals surface area contributed by atoms with Gasteiger partial charge in [0.15, 0.2) is 6.10 Å². The standard InChI is InChI=1S/C23H24N2O3/c1-3-15-27-20-13-11-18(12-14-20)16-24-25-23(26)17(2)28-22-10-6-8-19-7-4-5-9-21(19)22/h4-14,16-17H,3,15H2,1-2H3,(H,25,26)/t17-/m1/s1. The van der Waals surface area contributed by atoms with Gasteiger partial charge in [-0.05, 0) is 54.6 Å². The molecule has 0 spiro atoms. The summed E-state index contributed by atoms with van der Waals surface area (Å²) in [5.41, 5.74) is 3.39. The Balaban J connectivity index is 1.56. The third-order valence-corrected chi connectivity index (χ3v) is 4.16. The summed E-state index contributed by atoms with van der Waals surface area (Å²) >= 11 is 0. The molecule has 28 heavy (non-hydrogen) atoms. The summed E-state index contributed by atoms with van der Waals surface area (Å²) in [6.07, 6.45) is 1.88. The van der Waals surface area contributed by atoms with Crippen molar-refractivity contribution in [3.63, 3.8) is 0 Å². The number of hydrogen-bond acceptors (Lipinski definition) is 4. The lowest BCUT2D eigenvalue weighted by Crippen LogP contribution is -2.33. The zero-order valence-corrected chi connectivity index (χ0v) is 16.1. The fourth-order valence-electron chi connectivity index (χ4n) is 2.67. The molecule has 0 unspecified atom stereocenters. The van der Waals surface area contributed by atoms with Crippen LogP contribution in [0.1, 0.15) is 25.8 Å². The summed E-state index contributed by atoms with van der Waals surface area (Å²) in [6.45, 7) is 4.46. The van der Waals surface area contributed by atoms with E-state index in [0.29, 0.717) is 12.4 Å². The molecule has 3 aromatic rings. The van der Waals surface area contributed by atoms with Crippen molar-refractivity contribution in [3.05, 3.63) is 72.3 Å². The van der Waals surface area contributed by atoms with Crippen LogP contribution < -0.4 is 14.9 Å². The first-order valence-corrected chi connectivity index (χ1v) is 9.37. The predicted octanol–water partition coefficient (Wildman–Crippen LogP) is 4.55. The molecular formula is C23H24N2O3. The Bertz CT molecular complexity index is 946. The molecule has 1 amide bonds. The Hall–Kier alpha value is -3.34. The summed E-state index contributed by atoms with van der Waals surface area (Å²) in [5, 5.41) is 6.05. The van der Waals surface area contributed by atoms with E-state index < -0.39 is 6.10 Å². The summed E-state index contributed by atoms with van der Waals surface area (Å²) in [6, 6.07) is 21.2. The summed E-state index contributed by atoms with van der Waals surface area (Å²) in [5.74, 6) is 1.18. The van der Waals surface area contributed by atoms with Crippen LogP contribution in [0.4, 0.5) is 0 Å². The minimum atomic E-state index is -0.673. The summed E-state index contributed by atoms with van der Waals surface area (Å²) in [4.78, 5) is 12.3. The molecule has 0 bridgehead atoms. The van der Waals surface area contributed by atoms with Crippen LogP contribution in [0.5, 0.6) is 11.5 Å². The lowest BCUT2D eigenvalue weighted by atomic mass is 10.1. The van der Waals surface area contributed by atoms with Crippen molar-refractivity contribution in [1.29, 1.82) is 0 Å². The van der Waals surface area contributed by atoms with Gasteiger partial charge in [-0.15, -0.1) is 0 Å². The first-order chi connectivity index (χ1) is 13.7. The van der Waals surface area contributed by atoms with E-state index in [0.717, 1.165) is 28.5 Å². The van der Waals surface area contributed by atoms with Crippen LogP contribution in [0.15, 0.2) is 71.8 Å². The number of nitrogens with zero attached hydrogens (tertiary/aromatic N) is 1. The van der Waals surface area contributed by atoms with E-state index in [-0.39, 0.29) is 5.91 Å². The number of nitrogens with one attached hydrogen (secondary N) is 1. The largest absolute Gasteiger partial charge is 0.494 e. The molecular weight excluding hydrogens is 352 g/mol. The molecule has 0 aromatic heterocycles. The van der Waals surface area contributed by atoms with Crippen LogP contribution in [0.25, 0.3) is 10.8 Å². The molecule has 3 aromatic carbocycles. The average molecular weight is 376 g/mol. The third-order valence-electron chi connectivity index (χ3n) is 4.16. The highest BCUT2D eigenvalue weighted by molar-refractivity contribution is 5.89. The molecule has 3 rings (SSSR count). The van der Waals surface area contributed by atoms with Crippen molar-refractivity contribution < 1.29 is 14.3 Å². The lowest BCUT2D eigenvalue weighted by Gasteiger charge is -2.14. The molecule has 5 nitrogen and oxygen atoms in total. The Morgan fingerprint density at radius 1 is 1.07 bits per heavy atom. The van der Waals surface area contributed by atoms with E-state index in [1.165, 1.54) is 0 Å². The Morgan fingerprint density at radius 3 is 2.61 bits per heavy atom. The molecule has 1 N–H and O–H groups in total. The number of hydrazone groups is 1. The van der Waals surface area contributed by atoms with Gasteiger partial charge in [0, 0.05) is 5.39 Å². The van der Waals surface area contributed by atoms with Crippen molar-refractivity contribution in [2.45, 2.75) is 26.4 Å². The number of carbonyl (C=O) groups is 1. The maximum Gasteiger partial charge on any atom is 0.280 e. The van der Waals surface area contributed by atoms with Gasteiger partial charge in [0.25, 0.3) is 5.91 Å². The van der Waals surface area contributed by atoms with Gasteiger partial charge in [-0.25, -0.2) is 5.43 Å². The number of benzene rings is 3.